The molecule has 0 aromatic heterocycles. The molecule has 1 aromatic rings. The van der Waals surface area contributed by atoms with Crippen molar-refractivity contribution in [1.82, 2.24) is 5.43 Å². The molecule has 1 aromatic carbocycles. The molecule has 2 rings (SSSR count). The maximum atomic E-state index is 11.8. The van der Waals surface area contributed by atoms with Gasteiger partial charge < -0.3 is 10.1 Å². The van der Waals surface area contributed by atoms with Gasteiger partial charge in [-0.15, -0.1) is 11.8 Å². The number of hydrazone groups is 1. The highest BCUT2D eigenvalue weighted by molar-refractivity contribution is 7.98. The van der Waals surface area contributed by atoms with Gasteiger partial charge in [-0.2, -0.15) is 5.10 Å². The van der Waals surface area contributed by atoms with Crippen molar-refractivity contribution >= 4 is 40.9 Å². The zero-order valence-corrected chi connectivity index (χ0v) is 12.7. The first-order chi connectivity index (χ1) is 10.6. The lowest BCUT2D eigenvalue weighted by molar-refractivity contribution is -0.140. The Labute approximate surface area is 131 Å². The van der Waals surface area contributed by atoms with Crippen LogP contribution in [0.15, 0.2) is 34.3 Å². The summed E-state index contributed by atoms with van der Waals surface area (Å²) in [7, 11) is 0. The molecule has 0 saturated heterocycles. The number of thioether (sulfide) groups is 1. The SMILES string of the molecule is CSc1ccccc1NC(=O)COC(=O)C1=NNC(=O)CC1. The van der Waals surface area contributed by atoms with E-state index in [9.17, 15) is 14.4 Å². The molecule has 1 heterocycles. The third kappa shape index (κ3) is 4.32. The van der Waals surface area contributed by atoms with E-state index in [1.165, 1.54) is 11.8 Å². The lowest BCUT2D eigenvalue weighted by atomic mass is 10.2. The van der Waals surface area contributed by atoms with Crippen LogP contribution in [-0.4, -0.2) is 36.4 Å². The van der Waals surface area contributed by atoms with Gasteiger partial charge >= 0.3 is 5.97 Å². The van der Waals surface area contributed by atoms with Crippen molar-refractivity contribution in [3.63, 3.8) is 0 Å². The minimum atomic E-state index is -0.701. The van der Waals surface area contributed by atoms with Crippen LogP contribution >= 0.6 is 11.8 Å². The number of amides is 2. The minimum absolute atomic E-state index is 0.108. The van der Waals surface area contributed by atoms with E-state index in [0.29, 0.717) is 5.69 Å². The number of esters is 1. The molecule has 1 aliphatic heterocycles. The smallest absolute Gasteiger partial charge is 0.355 e. The predicted molar refractivity (Wildman–Crippen MR) is 82.6 cm³/mol. The van der Waals surface area contributed by atoms with Crippen molar-refractivity contribution in [2.45, 2.75) is 17.7 Å². The minimum Gasteiger partial charge on any atom is -0.451 e. The van der Waals surface area contributed by atoms with Crippen LogP contribution in [0, 0.1) is 0 Å². The Hall–Kier alpha value is -2.35. The number of anilines is 1. The molecular weight excluding hydrogens is 306 g/mol. The van der Waals surface area contributed by atoms with Gasteiger partial charge in [-0.1, -0.05) is 12.1 Å². The van der Waals surface area contributed by atoms with E-state index in [2.05, 4.69) is 15.8 Å². The molecule has 0 saturated carbocycles. The fourth-order valence-corrected chi connectivity index (χ4v) is 2.32. The van der Waals surface area contributed by atoms with Gasteiger partial charge in [0.15, 0.2) is 6.61 Å². The van der Waals surface area contributed by atoms with Crippen molar-refractivity contribution in [3.05, 3.63) is 24.3 Å². The van der Waals surface area contributed by atoms with E-state index in [1.807, 2.05) is 18.4 Å². The van der Waals surface area contributed by atoms with Gasteiger partial charge in [0.05, 0.1) is 5.69 Å². The molecule has 116 valence electrons. The van der Waals surface area contributed by atoms with Crippen molar-refractivity contribution in [2.24, 2.45) is 5.10 Å². The maximum Gasteiger partial charge on any atom is 0.355 e. The molecule has 0 atom stereocenters. The van der Waals surface area contributed by atoms with Crippen LogP contribution in [0.4, 0.5) is 5.69 Å². The monoisotopic (exact) mass is 321 g/mol. The summed E-state index contributed by atoms with van der Waals surface area (Å²) in [5, 5.41) is 6.29. The standard InChI is InChI=1S/C14H15N3O4S/c1-22-11-5-3-2-4-9(11)15-13(19)8-21-14(20)10-6-7-12(18)17-16-10/h2-5H,6-8H2,1H3,(H,15,19)(H,17,18). The number of nitrogens with one attached hydrogen (secondary N) is 2. The summed E-state index contributed by atoms with van der Waals surface area (Å²) >= 11 is 1.50. The van der Waals surface area contributed by atoms with Gasteiger partial charge in [0, 0.05) is 17.7 Å². The largest absolute Gasteiger partial charge is 0.451 e. The first-order valence-electron chi connectivity index (χ1n) is 6.55. The first-order valence-corrected chi connectivity index (χ1v) is 7.78. The van der Waals surface area contributed by atoms with Crippen LogP contribution in [0.2, 0.25) is 0 Å². The lowest BCUT2D eigenvalue weighted by Crippen LogP contribution is -2.32. The first kappa shape index (κ1) is 16.0. The number of carbonyl (C=O) groups excluding carboxylic acids is 3. The average molecular weight is 321 g/mol. The van der Waals surface area contributed by atoms with Gasteiger partial charge in [-0.3, -0.25) is 9.59 Å². The van der Waals surface area contributed by atoms with E-state index in [0.717, 1.165) is 4.90 Å². The van der Waals surface area contributed by atoms with Crippen LogP contribution in [0.3, 0.4) is 0 Å². The molecule has 0 radical (unpaired) electrons. The number of nitrogens with zero attached hydrogens (tertiary/aromatic N) is 1. The van der Waals surface area contributed by atoms with Gasteiger partial charge in [0.25, 0.3) is 5.91 Å². The van der Waals surface area contributed by atoms with Crippen molar-refractivity contribution in [2.75, 3.05) is 18.2 Å². The number of carbonyl (C=O) groups is 3. The van der Waals surface area contributed by atoms with E-state index >= 15 is 0 Å². The van der Waals surface area contributed by atoms with Gasteiger partial charge in [0.2, 0.25) is 5.91 Å². The fraction of sp³-hybridized carbons (Fsp3) is 0.286. The second kappa shape index (κ2) is 7.60. The molecule has 0 aliphatic carbocycles. The maximum absolute atomic E-state index is 11.8. The summed E-state index contributed by atoms with van der Waals surface area (Å²) in [5.74, 6) is -1.38. The number of ether oxygens (including phenoxy) is 1. The molecule has 2 amide bonds. The number of hydrogen-bond acceptors (Lipinski definition) is 6. The summed E-state index contributed by atoms with van der Waals surface area (Å²) < 4.78 is 4.88. The third-order valence-corrected chi connectivity index (χ3v) is 3.65. The number of rotatable bonds is 5. The second-order valence-corrected chi connectivity index (χ2v) is 5.27. The number of para-hydroxylation sites is 1. The topological polar surface area (TPSA) is 96.9 Å². The molecule has 2 N–H and O–H groups in total. The van der Waals surface area contributed by atoms with Crippen LogP contribution in [0.1, 0.15) is 12.8 Å². The molecule has 22 heavy (non-hydrogen) atoms. The van der Waals surface area contributed by atoms with E-state index in [-0.39, 0.29) is 24.5 Å². The molecule has 7 nitrogen and oxygen atoms in total. The molecule has 1 aliphatic rings. The molecule has 0 unspecified atom stereocenters. The molecule has 0 spiro atoms. The lowest BCUT2D eigenvalue weighted by Gasteiger charge is -2.12. The van der Waals surface area contributed by atoms with Crippen molar-refractivity contribution in [1.29, 1.82) is 0 Å². The normalized spacial score (nSPS) is 13.9. The zero-order chi connectivity index (χ0) is 15.9. The Bertz CT molecular complexity index is 630. The highest BCUT2D eigenvalue weighted by Crippen LogP contribution is 2.24. The van der Waals surface area contributed by atoms with Gasteiger partial charge in [0.1, 0.15) is 5.71 Å². The van der Waals surface area contributed by atoms with Crippen LogP contribution in [-0.2, 0) is 19.1 Å². The Morgan fingerprint density at radius 2 is 2.14 bits per heavy atom. The molecule has 0 bridgehead atoms. The summed E-state index contributed by atoms with van der Waals surface area (Å²) in [5.41, 5.74) is 2.97. The third-order valence-electron chi connectivity index (χ3n) is 2.86. The predicted octanol–water partition coefficient (Wildman–Crippen LogP) is 1.16. The van der Waals surface area contributed by atoms with Crippen LogP contribution < -0.4 is 10.7 Å². The second-order valence-electron chi connectivity index (χ2n) is 4.42. The summed E-state index contributed by atoms with van der Waals surface area (Å²) in [6.07, 6.45) is 2.29. The Morgan fingerprint density at radius 1 is 1.36 bits per heavy atom. The quantitative estimate of drug-likeness (QED) is 0.626. The zero-order valence-electron chi connectivity index (χ0n) is 11.9. The van der Waals surface area contributed by atoms with E-state index in [1.54, 1.807) is 12.1 Å². The Morgan fingerprint density at radius 3 is 2.82 bits per heavy atom. The Kier molecular flexibility index (Phi) is 5.54. The van der Waals surface area contributed by atoms with Crippen LogP contribution in [0.25, 0.3) is 0 Å². The fourth-order valence-electron chi connectivity index (χ4n) is 1.77. The molecule has 0 fully saturated rings. The van der Waals surface area contributed by atoms with Crippen molar-refractivity contribution in [3.8, 4) is 0 Å². The van der Waals surface area contributed by atoms with Crippen LogP contribution in [0.5, 0.6) is 0 Å². The van der Waals surface area contributed by atoms with E-state index in [4.69, 9.17) is 4.74 Å². The molecular formula is C14H15N3O4S. The summed E-state index contributed by atoms with van der Waals surface area (Å²) in [6, 6.07) is 7.33. The Balaban J connectivity index is 1.85. The van der Waals surface area contributed by atoms with E-state index < -0.39 is 18.5 Å². The van der Waals surface area contributed by atoms with Gasteiger partial charge in [-0.25, -0.2) is 10.2 Å². The number of benzene rings is 1. The van der Waals surface area contributed by atoms with Gasteiger partial charge in [-0.05, 0) is 18.4 Å². The highest BCUT2D eigenvalue weighted by atomic mass is 32.2. The average Bonchev–Trinajstić information content (AvgIpc) is 2.54. The highest BCUT2D eigenvalue weighted by Gasteiger charge is 2.20. The van der Waals surface area contributed by atoms with Crippen molar-refractivity contribution < 1.29 is 19.1 Å². The summed E-state index contributed by atoms with van der Waals surface area (Å²) in [4.78, 5) is 35.4. The number of hydrogen-bond donors (Lipinski definition) is 2. The summed E-state index contributed by atoms with van der Waals surface area (Å²) in [6.45, 7) is -0.408. The molecule has 8 heteroatoms.